The van der Waals surface area contributed by atoms with Crippen LogP contribution in [-0.4, -0.2) is 71.9 Å². The van der Waals surface area contributed by atoms with E-state index in [1.165, 1.54) is 0 Å². The number of carbonyl (C=O) groups excluding carboxylic acids is 2. The molecule has 0 aliphatic carbocycles. The van der Waals surface area contributed by atoms with E-state index in [9.17, 15) is 9.59 Å². The van der Waals surface area contributed by atoms with Crippen molar-refractivity contribution in [2.75, 3.05) is 44.2 Å². The quantitative estimate of drug-likeness (QED) is 0.837. The first kappa shape index (κ1) is 16.6. The Morgan fingerprint density at radius 1 is 1.19 bits per heavy atom. The topological polar surface area (TPSA) is 52.7 Å². The Balaban J connectivity index is 1.81. The maximum atomic E-state index is 12.4. The smallest absolute Gasteiger partial charge is 0.225 e. The van der Waals surface area contributed by atoms with Gasteiger partial charge in [0.05, 0.1) is 0 Å². The minimum absolute atomic E-state index is 0.0377. The van der Waals surface area contributed by atoms with E-state index < -0.39 is 0 Å². The summed E-state index contributed by atoms with van der Waals surface area (Å²) in [6.07, 6.45) is 1.47. The number of thioether (sulfide) groups is 1. The van der Waals surface area contributed by atoms with Gasteiger partial charge < -0.3 is 15.1 Å². The van der Waals surface area contributed by atoms with Crippen LogP contribution < -0.4 is 5.32 Å². The van der Waals surface area contributed by atoms with Crippen LogP contribution in [0.2, 0.25) is 0 Å². The minimum atomic E-state index is 0.0377. The second kappa shape index (κ2) is 8.03. The van der Waals surface area contributed by atoms with Crippen LogP contribution in [-0.2, 0) is 9.59 Å². The molecular formula is C15H27N3O2S. The van der Waals surface area contributed by atoms with E-state index in [1.807, 2.05) is 35.4 Å². The Morgan fingerprint density at radius 2 is 1.90 bits per heavy atom. The molecule has 0 aromatic carbocycles. The van der Waals surface area contributed by atoms with Crippen LogP contribution in [0.4, 0.5) is 0 Å². The van der Waals surface area contributed by atoms with Gasteiger partial charge in [0.25, 0.3) is 0 Å². The van der Waals surface area contributed by atoms with Crippen molar-refractivity contribution in [2.24, 2.45) is 5.92 Å². The van der Waals surface area contributed by atoms with Crippen LogP contribution in [0.1, 0.15) is 26.7 Å². The summed E-state index contributed by atoms with van der Waals surface area (Å²) in [5, 5.41) is 3.41. The molecule has 1 N–H and O–H groups in total. The average Bonchev–Trinajstić information content (AvgIpc) is 2.73. The van der Waals surface area contributed by atoms with Crippen molar-refractivity contribution in [2.45, 2.75) is 32.7 Å². The highest BCUT2D eigenvalue weighted by atomic mass is 32.2. The second-order valence-electron chi connectivity index (χ2n) is 6.14. The lowest BCUT2D eigenvalue weighted by Crippen LogP contribution is -2.44. The number of hydrogen-bond acceptors (Lipinski definition) is 4. The molecule has 0 aromatic rings. The van der Waals surface area contributed by atoms with Gasteiger partial charge in [0.15, 0.2) is 0 Å². The normalized spacial score (nSPS) is 24.0. The van der Waals surface area contributed by atoms with Crippen molar-refractivity contribution in [3.8, 4) is 0 Å². The summed E-state index contributed by atoms with van der Waals surface area (Å²) in [5.41, 5.74) is 0. The van der Waals surface area contributed by atoms with Gasteiger partial charge in [0.1, 0.15) is 0 Å². The maximum absolute atomic E-state index is 12.4. The zero-order valence-corrected chi connectivity index (χ0v) is 14.0. The first-order valence-corrected chi connectivity index (χ1v) is 9.11. The second-order valence-corrected chi connectivity index (χ2v) is 7.29. The van der Waals surface area contributed by atoms with Crippen molar-refractivity contribution in [1.29, 1.82) is 0 Å². The highest BCUT2D eigenvalue weighted by Crippen LogP contribution is 2.13. The maximum Gasteiger partial charge on any atom is 0.225 e. The van der Waals surface area contributed by atoms with E-state index in [2.05, 4.69) is 5.32 Å². The predicted molar refractivity (Wildman–Crippen MR) is 86.3 cm³/mol. The molecule has 2 fully saturated rings. The van der Waals surface area contributed by atoms with Crippen LogP contribution >= 0.6 is 11.8 Å². The fourth-order valence-electron chi connectivity index (χ4n) is 2.84. The summed E-state index contributed by atoms with van der Waals surface area (Å²) in [5.74, 6) is 2.64. The Kier molecular flexibility index (Phi) is 6.36. The Bertz CT molecular complexity index is 370. The van der Waals surface area contributed by atoms with Gasteiger partial charge in [0, 0.05) is 62.6 Å². The molecule has 0 saturated carbocycles. The first-order valence-electron chi connectivity index (χ1n) is 7.95. The van der Waals surface area contributed by atoms with Crippen molar-refractivity contribution in [1.82, 2.24) is 15.1 Å². The van der Waals surface area contributed by atoms with Crippen LogP contribution in [0.25, 0.3) is 0 Å². The van der Waals surface area contributed by atoms with Gasteiger partial charge in [-0.3, -0.25) is 9.59 Å². The van der Waals surface area contributed by atoms with E-state index in [-0.39, 0.29) is 17.7 Å². The molecule has 5 nitrogen and oxygen atoms in total. The number of nitrogens with one attached hydrogen (secondary N) is 1. The lowest BCUT2D eigenvalue weighted by Gasteiger charge is -2.27. The summed E-state index contributed by atoms with van der Waals surface area (Å²) in [4.78, 5) is 28.3. The molecule has 0 aromatic heterocycles. The minimum Gasteiger partial charge on any atom is -0.341 e. The zero-order chi connectivity index (χ0) is 15.2. The molecule has 2 aliphatic rings. The van der Waals surface area contributed by atoms with Gasteiger partial charge in [-0.2, -0.15) is 11.8 Å². The predicted octanol–water partition coefficient (Wildman–Crippen LogP) is 0.798. The number of amides is 2. The van der Waals surface area contributed by atoms with E-state index in [4.69, 9.17) is 0 Å². The highest BCUT2D eigenvalue weighted by Gasteiger charge is 2.25. The molecule has 120 valence electrons. The molecule has 2 heterocycles. The van der Waals surface area contributed by atoms with Crippen LogP contribution in [0.3, 0.4) is 0 Å². The highest BCUT2D eigenvalue weighted by molar-refractivity contribution is 7.99. The molecule has 2 saturated heterocycles. The number of rotatable bonds is 3. The molecule has 1 atom stereocenters. The van der Waals surface area contributed by atoms with Gasteiger partial charge in [-0.05, 0) is 6.42 Å². The van der Waals surface area contributed by atoms with Crippen LogP contribution in [0.15, 0.2) is 0 Å². The summed E-state index contributed by atoms with van der Waals surface area (Å²) < 4.78 is 0. The molecule has 0 spiro atoms. The van der Waals surface area contributed by atoms with E-state index >= 15 is 0 Å². The van der Waals surface area contributed by atoms with Crippen molar-refractivity contribution in [3.05, 3.63) is 0 Å². The zero-order valence-electron chi connectivity index (χ0n) is 13.1. The molecule has 0 radical (unpaired) electrons. The lowest BCUT2D eigenvalue weighted by atomic mass is 10.2. The third kappa shape index (κ3) is 4.88. The van der Waals surface area contributed by atoms with E-state index in [0.29, 0.717) is 25.6 Å². The van der Waals surface area contributed by atoms with Crippen LogP contribution in [0, 0.1) is 5.92 Å². The fraction of sp³-hybridized carbons (Fsp3) is 0.867. The van der Waals surface area contributed by atoms with Gasteiger partial charge in [-0.1, -0.05) is 13.8 Å². The monoisotopic (exact) mass is 313 g/mol. The standard InChI is InChI=1S/C15H27N3O2S/c1-12(2)15(20)18-6-3-5-17(7-8-18)14(19)10-13-11-21-9-4-16-13/h12-13,16H,3-11H2,1-2H3. The summed E-state index contributed by atoms with van der Waals surface area (Å²) in [7, 11) is 0. The van der Waals surface area contributed by atoms with Crippen LogP contribution in [0.5, 0.6) is 0 Å². The molecule has 0 bridgehead atoms. The third-order valence-corrected chi connectivity index (χ3v) is 5.20. The summed E-state index contributed by atoms with van der Waals surface area (Å²) in [6, 6.07) is 0.313. The van der Waals surface area contributed by atoms with Crippen molar-refractivity contribution < 1.29 is 9.59 Å². The molecule has 21 heavy (non-hydrogen) atoms. The van der Waals surface area contributed by atoms with E-state index in [0.717, 1.165) is 37.6 Å². The molecule has 2 rings (SSSR count). The Hall–Kier alpha value is -0.750. The SMILES string of the molecule is CC(C)C(=O)N1CCCN(C(=O)CC2CSCCN2)CC1. The van der Waals surface area contributed by atoms with Crippen molar-refractivity contribution in [3.63, 3.8) is 0 Å². The molecular weight excluding hydrogens is 286 g/mol. The molecule has 2 amide bonds. The molecule has 1 unspecified atom stereocenters. The Morgan fingerprint density at radius 3 is 2.57 bits per heavy atom. The molecule has 6 heteroatoms. The van der Waals surface area contributed by atoms with Gasteiger partial charge in [-0.25, -0.2) is 0 Å². The Labute approximate surface area is 131 Å². The summed E-state index contributed by atoms with van der Waals surface area (Å²) in [6.45, 7) is 7.77. The number of hydrogen-bond donors (Lipinski definition) is 1. The average molecular weight is 313 g/mol. The third-order valence-electron chi connectivity index (χ3n) is 4.07. The largest absolute Gasteiger partial charge is 0.341 e. The van der Waals surface area contributed by atoms with Crippen molar-refractivity contribution >= 4 is 23.6 Å². The van der Waals surface area contributed by atoms with Gasteiger partial charge >= 0.3 is 0 Å². The lowest BCUT2D eigenvalue weighted by molar-refractivity contribution is -0.135. The number of nitrogens with zero attached hydrogens (tertiary/aromatic N) is 2. The fourth-order valence-corrected chi connectivity index (χ4v) is 3.79. The molecule has 2 aliphatic heterocycles. The number of carbonyl (C=O) groups is 2. The van der Waals surface area contributed by atoms with E-state index in [1.54, 1.807) is 0 Å². The van der Waals surface area contributed by atoms with Gasteiger partial charge in [-0.15, -0.1) is 0 Å². The van der Waals surface area contributed by atoms with Gasteiger partial charge in [0.2, 0.25) is 11.8 Å². The first-order chi connectivity index (χ1) is 10.1. The summed E-state index contributed by atoms with van der Waals surface area (Å²) >= 11 is 1.92.